The van der Waals surface area contributed by atoms with Crippen molar-refractivity contribution < 1.29 is 22.9 Å². The van der Waals surface area contributed by atoms with Crippen molar-refractivity contribution in [3.63, 3.8) is 0 Å². The molecule has 11 heteroatoms. The molecule has 10 nitrogen and oxygen atoms in total. The highest BCUT2D eigenvalue weighted by atomic mass is 32.2. The van der Waals surface area contributed by atoms with E-state index in [2.05, 4.69) is 14.9 Å². The summed E-state index contributed by atoms with van der Waals surface area (Å²) in [6.07, 6.45) is 1.09. The highest BCUT2D eigenvalue weighted by Gasteiger charge is 2.27. The molecule has 1 heterocycles. The van der Waals surface area contributed by atoms with Gasteiger partial charge in [0.25, 0.3) is 15.7 Å². The molecule has 0 atom stereocenters. The van der Waals surface area contributed by atoms with Crippen molar-refractivity contribution >= 4 is 27.5 Å². The zero-order valence-corrected chi connectivity index (χ0v) is 12.7. The smallest absolute Gasteiger partial charge is 0.343 e. The number of carbonyl (C=O) groups is 1. The first-order chi connectivity index (χ1) is 10.9. The molecule has 2 N–H and O–H groups in total. The van der Waals surface area contributed by atoms with E-state index < -0.39 is 31.5 Å². The molecule has 0 saturated carbocycles. The van der Waals surface area contributed by atoms with Crippen LogP contribution < -0.4 is 4.72 Å². The van der Waals surface area contributed by atoms with E-state index in [9.17, 15) is 23.3 Å². The van der Waals surface area contributed by atoms with E-state index in [-0.39, 0.29) is 18.0 Å². The molecule has 0 spiro atoms. The second-order valence-electron chi connectivity index (χ2n) is 4.21. The molecule has 0 radical (unpaired) electrons. The maximum absolute atomic E-state index is 12.3. The number of hydrogen-bond acceptors (Lipinski definition) is 7. The number of carbonyl (C=O) groups excluding carboxylic acids is 1. The molecule has 0 unspecified atom stereocenters. The topological polar surface area (TPSA) is 144 Å². The van der Waals surface area contributed by atoms with Gasteiger partial charge in [-0.3, -0.25) is 19.9 Å². The summed E-state index contributed by atoms with van der Waals surface area (Å²) in [6, 6.07) is 4.84. The number of sulfonamides is 1. The van der Waals surface area contributed by atoms with Crippen LogP contribution in [-0.4, -0.2) is 36.1 Å². The predicted octanol–water partition coefficient (Wildman–Crippen LogP) is 1.30. The summed E-state index contributed by atoms with van der Waals surface area (Å²) in [4.78, 5) is 21.3. The fourth-order valence-electron chi connectivity index (χ4n) is 1.75. The molecule has 0 aliphatic rings. The molecule has 2 rings (SSSR count). The van der Waals surface area contributed by atoms with E-state index in [0.717, 1.165) is 18.3 Å². The van der Waals surface area contributed by atoms with E-state index in [0.29, 0.717) is 0 Å². The number of anilines is 1. The number of nitrogens with one attached hydrogen (secondary N) is 2. The van der Waals surface area contributed by atoms with Crippen molar-refractivity contribution in [2.75, 3.05) is 11.3 Å². The number of benzene rings is 1. The van der Waals surface area contributed by atoms with Gasteiger partial charge in [-0.25, -0.2) is 13.2 Å². The average molecular weight is 340 g/mol. The van der Waals surface area contributed by atoms with Gasteiger partial charge >= 0.3 is 5.97 Å². The zero-order chi connectivity index (χ0) is 17.0. The van der Waals surface area contributed by atoms with Crippen LogP contribution in [0.2, 0.25) is 0 Å². The van der Waals surface area contributed by atoms with Gasteiger partial charge in [-0.05, 0) is 13.0 Å². The van der Waals surface area contributed by atoms with Gasteiger partial charge in [0.2, 0.25) is 0 Å². The van der Waals surface area contributed by atoms with Crippen LogP contribution in [0.1, 0.15) is 17.3 Å². The van der Waals surface area contributed by atoms with Gasteiger partial charge in [-0.15, -0.1) is 0 Å². The summed E-state index contributed by atoms with van der Waals surface area (Å²) in [6.45, 7) is 1.69. The fraction of sp³-hybridized carbons (Fsp3) is 0.167. The quantitative estimate of drug-likeness (QED) is 0.458. The van der Waals surface area contributed by atoms with Gasteiger partial charge < -0.3 is 4.74 Å². The van der Waals surface area contributed by atoms with E-state index >= 15 is 0 Å². The Labute approximate surface area is 130 Å². The van der Waals surface area contributed by atoms with Crippen LogP contribution in [-0.2, 0) is 14.8 Å². The lowest BCUT2D eigenvalue weighted by atomic mass is 10.3. The van der Waals surface area contributed by atoms with Gasteiger partial charge in [-0.1, -0.05) is 12.1 Å². The van der Waals surface area contributed by atoms with Gasteiger partial charge in [0.15, 0.2) is 4.90 Å². The molecule has 0 saturated heterocycles. The first-order valence-electron chi connectivity index (χ1n) is 6.33. The largest absolute Gasteiger partial charge is 0.462 e. The molecule has 23 heavy (non-hydrogen) atoms. The SMILES string of the molecule is CCOC(=O)c1cn[nH]c1NS(=O)(=O)c1ccccc1[N+](=O)[O-]. The summed E-state index contributed by atoms with van der Waals surface area (Å²) in [7, 11) is -4.30. The number of nitrogens with zero attached hydrogens (tertiary/aromatic N) is 2. The number of aromatic nitrogens is 2. The molecule has 2 aromatic rings. The van der Waals surface area contributed by atoms with Crippen LogP contribution in [0.4, 0.5) is 11.5 Å². The average Bonchev–Trinajstić information content (AvgIpc) is 2.95. The van der Waals surface area contributed by atoms with Crippen molar-refractivity contribution in [1.82, 2.24) is 10.2 Å². The lowest BCUT2D eigenvalue weighted by Gasteiger charge is -2.08. The maximum atomic E-state index is 12.3. The Bertz CT molecular complexity index is 845. The minimum atomic E-state index is -4.30. The second kappa shape index (κ2) is 6.44. The third-order valence-corrected chi connectivity index (χ3v) is 4.12. The molecule has 1 aromatic heterocycles. The third-order valence-electron chi connectivity index (χ3n) is 2.72. The number of nitro benzene ring substituents is 1. The molecule has 0 amide bonds. The Morgan fingerprint density at radius 1 is 1.43 bits per heavy atom. The summed E-state index contributed by atoms with van der Waals surface area (Å²) in [5, 5.41) is 16.8. The van der Waals surface area contributed by atoms with E-state index in [1.807, 2.05) is 0 Å². The van der Waals surface area contributed by atoms with E-state index in [4.69, 9.17) is 4.74 Å². The third kappa shape index (κ3) is 3.45. The number of para-hydroxylation sites is 1. The normalized spacial score (nSPS) is 11.0. The summed E-state index contributed by atoms with van der Waals surface area (Å²) >= 11 is 0. The van der Waals surface area contributed by atoms with Crippen LogP contribution in [0, 0.1) is 10.1 Å². The Morgan fingerprint density at radius 2 is 2.13 bits per heavy atom. The number of ether oxygens (including phenoxy) is 1. The number of hydrogen-bond donors (Lipinski definition) is 2. The zero-order valence-electron chi connectivity index (χ0n) is 11.8. The van der Waals surface area contributed by atoms with Gasteiger partial charge in [0, 0.05) is 6.07 Å². The Kier molecular flexibility index (Phi) is 4.60. The Morgan fingerprint density at radius 3 is 2.78 bits per heavy atom. The standard InChI is InChI=1S/C12H12N4O6S/c1-2-22-12(17)8-7-13-14-11(8)15-23(20,21)10-6-4-3-5-9(10)16(18)19/h3-7H,2H2,1H3,(H2,13,14,15). The first-order valence-corrected chi connectivity index (χ1v) is 7.82. The van der Waals surface area contributed by atoms with Gasteiger partial charge in [0.05, 0.1) is 17.7 Å². The number of rotatable bonds is 6. The molecule has 0 bridgehead atoms. The van der Waals surface area contributed by atoms with Crippen LogP contribution >= 0.6 is 0 Å². The fourth-order valence-corrected chi connectivity index (χ4v) is 2.96. The van der Waals surface area contributed by atoms with E-state index in [1.165, 1.54) is 12.1 Å². The summed E-state index contributed by atoms with van der Waals surface area (Å²) < 4.78 is 31.5. The van der Waals surface area contributed by atoms with Gasteiger partial charge in [-0.2, -0.15) is 5.10 Å². The van der Waals surface area contributed by atoms with Crippen molar-refractivity contribution in [2.24, 2.45) is 0 Å². The van der Waals surface area contributed by atoms with Crippen molar-refractivity contribution in [1.29, 1.82) is 0 Å². The lowest BCUT2D eigenvalue weighted by Crippen LogP contribution is -2.17. The lowest BCUT2D eigenvalue weighted by molar-refractivity contribution is -0.387. The van der Waals surface area contributed by atoms with Crippen molar-refractivity contribution in [3.05, 3.63) is 46.1 Å². The molecule has 0 fully saturated rings. The number of esters is 1. The highest BCUT2D eigenvalue weighted by Crippen LogP contribution is 2.25. The highest BCUT2D eigenvalue weighted by molar-refractivity contribution is 7.92. The molecule has 0 aliphatic heterocycles. The van der Waals surface area contributed by atoms with Crippen molar-refractivity contribution in [2.45, 2.75) is 11.8 Å². The van der Waals surface area contributed by atoms with E-state index in [1.54, 1.807) is 6.92 Å². The summed E-state index contributed by atoms with van der Waals surface area (Å²) in [5.41, 5.74) is -0.716. The van der Waals surface area contributed by atoms with Crippen molar-refractivity contribution in [3.8, 4) is 0 Å². The van der Waals surface area contributed by atoms with Crippen LogP contribution in [0.5, 0.6) is 0 Å². The van der Waals surface area contributed by atoms with Crippen LogP contribution in [0.25, 0.3) is 0 Å². The molecular formula is C12H12N4O6S. The molecule has 0 aliphatic carbocycles. The molecular weight excluding hydrogens is 328 g/mol. The van der Waals surface area contributed by atoms with Gasteiger partial charge in [0.1, 0.15) is 11.4 Å². The monoisotopic (exact) mass is 340 g/mol. The molecule has 122 valence electrons. The summed E-state index contributed by atoms with van der Waals surface area (Å²) in [5.74, 6) is -1.01. The predicted molar refractivity (Wildman–Crippen MR) is 78.4 cm³/mol. The van der Waals surface area contributed by atoms with Crippen LogP contribution in [0.3, 0.4) is 0 Å². The number of H-pyrrole nitrogens is 1. The Hall–Kier alpha value is -2.95. The first kappa shape index (κ1) is 16.4. The Balaban J connectivity index is 2.39. The number of aromatic amines is 1. The number of nitro groups is 1. The van der Waals surface area contributed by atoms with Crippen LogP contribution in [0.15, 0.2) is 35.4 Å². The molecule has 1 aromatic carbocycles. The minimum absolute atomic E-state index is 0.0976. The maximum Gasteiger partial charge on any atom is 0.343 e. The second-order valence-corrected chi connectivity index (χ2v) is 5.86. The minimum Gasteiger partial charge on any atom is -0.462 e.